The third kappa shape index (κ3) is 5.75. The van der Waals surface area contributed by atoms with Crippen molar-refractivity contribution >= 4 is 5.96 Å². The van der Waals surface area contributed by atoms with Crippen molar-refractivity contribution in [2.75, 3.05) is 26.7 Å². The van der Waals surface area contributed by atoms with Gasteiger partial charge >= 0.3 is 0 Å². The molecule has 0 fully saturated rings. The number of hydrogen-bond donors (Lipinski definition) is 2. The number of nitrogens with one attached hydrogen (secondary N) is 2. The molecule has 0 amide bonds. The van der Waals surface area contributed by atoms with Crippen LogP contribution < -0.4 is 15.4 Å². The molecule has 0 aliphatic heterocycles. The molecule has 1 heterocycles. The molecule has 0 saturated carbocycles. The fraction of sp³-hybridized carbons (Fsp3) is 0.500. The van der Waals surface area contributed by atoms with E-state index in [2.05, 4.69) is 27.5 Å². The van der Waals surface area contributed by atoms with Gasteiger partial charge in [0.25, 0.3) is 0 Å². The fourth-order valence-electron chi connectivity index (χ4n) is 1.23. The van der Waals surface area contributed by atoms with Crippen LogP contribution in [0.1, 0.15) is 13.3 Å². The Morgan fingerprint density at radius 3 is 2.88 bits per heavy atom. The van der Waals surface area contributed by atoms with Crippen LogP contribution in [0.5, 0.6) is 5.75 Å². The van der Waals surface area contributed by atoms with Crippen LogP contribution >= 0.6 is 0 Å². The number of pyridine rings is 1. The summed E-state index contributed by atoms with van der Waals surface area (Å²) in [4.78, 5) is 8.07. The van der Waals surface area contributed by atoms with E-state index in [0.29, 0.717) is 13.2 Å². The maximum atomic E-state index is 5.50. The molecule has 1 aromatic rings. The van der Waals surface area contributed by atoms with Gasteiger partial charge in [0.15, 0.2) is 5.96 Å². The maximum Gasteiger partial charge on any atom is 0.191 e. The van der Waals surface area contributed by atoms with Crippen molar-refractivity contribution < 1.29 is 4.74 Å². The quantitative estimate of drug-likeness (QED) is 0.440. The van der Waals surface area contributed by atoms with Gasteiger partial charge in [-0.25, -0.2) is 0 Å². The highest BCUT2D eigenvalue weighted by molar-refractivity contribution is 5.79. The summed E-state index contributed by atoms with van der Waals surface area (Å²) in [6.45, 7) is 4.33. The summed E-state index contributed by atoms with van der Waals surface area (Å²) in [5, 5.41) is 6.36. The summed E-state index contributed by atoms with van der Waals surface area (Å²) in [7, 11) is 1.76. The monoisotopic (exact) mass is 236 g/mol. The van der Waals surface area contributed by atoms with Gasteiger partial charge in [-0.1, -0.05) is 6.92 Å². The minimum absolute atomic E-state index is 0.582. The third-order valence-electron chi connectivity index (χ3n) is 2.06. The first-order valence-corrected chi connectivity index (χ1v) is 5.84. The molecule has 0 bridgehead atoms. The first kappa shape index (κ1) is 13.3. The maximum absolute atomic E-state index is 5.50. The number of guanidine groups is 1. The number of aliphatic imine (C=N–C) groups is 1. The highest BCUT2D eigenvalue weighted by atomic mass is 16.5. The number of aromatic nitrogens is 1. The Hall–Kier alpha value is -1.78. The van der Waals surface area contributed by atoms with Crippen LogP contribution in [0.2, 0.25) is 0 Å². The largest absolute Gasteiger partial charge is 0.490 e. The summed E-state index contributed by atoms with van der Waals surface area (Å²) in [6.07, 6.45) is 4.50. The summed E-state index contributed by atoms with van der Waals surface area (Å²) in [5.41, 5.74) is 0. The number of ether oxygens (including phenoxy) is 1. The molecular weight excluding hydrogens is 216 g/mol. The second-order valence-electron chi connectivity index (χ2n) is 3.46. The fourth-order valence-corrected chi connectivity index (χ4v) is 1.23. The van der Waals surface area contributed by atoms with Gasteiger partial charge in [-0.05, 0) is 18.6 Å². The number of nitrogens with zero attached hydrogens (tertiary/aromatic N) is 2. The van der Waals surface area contributed by atoms with Gasteiger partial charge in [-0.2, -0.15) is 0 Å². The lowest BCUT2D eigenvalue weighted by Gasteiger charge is -2.11. The van der Waals surface area contributed by atoms with Crippen molar-refractivity contribution in [1.29, 1.82) is 0 Å². The van der Waals surface area contributed by atoms with E-state index in [9.17, 15) is 0 Å². The first-order valence-electron chi connectivity index (χ1n) is 5.84. The smallest absolute Gasteiger partial charge is 0.191 e. The predicted octanol–water partition coefficient (Wildman–Crippen LogP) is 1.04. The molecule has 0 unspecified atom stereocenters. The molecule has 1 rings (SSSR count). The van der Waals surface area contributed by atoms with E-state index < -0.39 is 0 Å². The molecular formula is C12H20N4O. The average Bonchev–Trinajstić information content (AvgIpc) is 2.39. The highest BCUT2D eigenvalue weighted by Gasteiger charge is 1.96. The Kier molecular flexibility index (Phi) is 6.55. The summed E-state index contributed by atoms with van der Waals surface area (Å²) >= 11 is 0. The van der Waals surface area contributed by atoms with E-state index in [4.69, 9.17) is 4.74 Å². The zero-order valence-electron chi connectivity index (χ0n) is 10.4. The molecule has 5 nitrogen and oxygen atoms in total. The van der Waals surface area contributed by atoms with E-state index in [1.54, 1.807) is 19.4 Å². The predicted molar refractivity (Wildman–Crippen MR) is 69.4 cm³/mol. The Balaban J connectivity index is 2.15. The van der Waals surface area contributed by atoms with Crippen molar-refractivity contribution in [2.24, 2.45) is 4.99 Å². The summed E-state index contributed by atoms with van der Waals surface area (Å²) < 4.78 is 5.50. The summed E-state index contributed by atoms with van der Waals surface area (Å²) in [6, 6.07) is 3.74. The minimum atomic E-state index is 0.582. The Morgan fingerprint density at radius 1 is 1.41 bits per heavy atom. The topological polar surface area (TPSA) is 58.5 Å². The van der Waals surface area contributed by atoms with Gasteiger partial charge in [0.05, 0.1) is 12.7 Å². The molecule has 0 radical (unpaired) electrons. The van der Waals surface area contributed by atoms with Crippen molar-refractivity contribution in [3.8, 4) is 5.75 Å². The Morgan fingerprint density at radius 2 is 2.24 bits per heavy atom. The van der Waals surface area contributed by atoms with E-state index >= 15 is 0 Å². The van der Waals surface area contributed by atoms with Crippen LogP contribution in [0.25, 0.3) is 0 Å². The van der Waals surface area contributed by atoms with Gasteiger partial charge < -0.3 is 15.4 Å². The second kappa shape index (κ2) is 8.38. The zero-order chi connectivity index (χ0) is 12.3. The number of rotatable bonds is 6. The van der Waals surface area contributed by atoms with Gasteiger partial charge in [-0.3, -0.25) is 9.98 Å². The highest BCUT2D eigenvalue weighted by Crippen LogP contribution is 2.04. The van der Waals surface area contributed by atoms with Gasteiger partial charge in [0, 0.05) is 19.8 Å². The van der Waals surface area contributed by atoms with Gasteiger partial charge in [0.2, 0.25) is 0 Å². The van der Waals surface area contributed by atoms with E-state index in [0.717, 1.165) is 24.7 Å². The normalized spacial score (nSPS) is 11.1. The lowest BCUT2D eigenvalue weighted by molar-refractivity contribution is 0.320. The molecule has 17 heavy (non-hydrogen) atoms. The van der Waals surface area contributed by atoms with Crippen molar-refractivity contribution in [3.63, 3.8) is 0 Å². The SMILES string of the molecule is CCCNC(=NC)NCCOc1cccnc1. The van der Waals surface area contributed by atoms with E-state index in [1.807, 2.05) is 12.1 Å². The molecule has 0 aromatic carbocycles. The van der Waals surface area contributed by atoms with Crippen LogP contribution in [-0.4, -0.2) is 37.7 Å². The lowest BCUT2D eigenvalue weighted by Crippen LogP contribution is -2.39. The third-order valence-corrected chi connectivity index (χ3v) is 2.06. The van der Waals surface area contributed by atoms with Crippen molar-refractivity contribution in [1.82, 2.24) is 15.6 Å². The van der Waals surface area contributed by atoms with Crippen molar-refractivity contribution in [2.45, 2.75) is 13.3 Å². The second-order valence-corrected chi connectivity index (χ2v) is 3.46. The average molecular weight is 236 g/mol. The van der Waals surface area contributed by atoms with Crippen LogP contribution in [-0.2, 0) is 0 Å². The van der Waals surface area contributed by atoms with Crippen LogP contribution in [0.15, 0.2) is 29.5 Å². The van der Waals surface area contributed by atoms with Gasteiger partial charge in [0.1, 0.15) is 12.4 Å². The molecule has 0 atom stereocenters. The van der Waals surface area contributed by atoms with Crippen LogP contribution in [0, 0.1) is 0 Å². The van der Waals surface area contributed by atoms with E-state index in [-0.39, 0.29) is 0 Å². The zero-order valence-corrected chi connectivity index (χ0v) is 10.4. The van der Waals surface area contributed by atoms with Crippen LogP contribution in [0.3, 0.4) is 0 Å². The molecule has 0 spiro atoms. The molecule has 0 aliphatic carbocycles. The lowest BCUT2D eigenvalue weighted by atomic mass is 10.5. The van der Waals surface area contributed by atoms with Crippen LogP contribution in [0.4, 0.5) is 0 Å². The molecule has 1 aromatic heterocycles. The first-order chi connectivity index (χ1) is 8.36. The number of hydrogen-bond acceptors (Lipinski definition) is 3. The molecule has 0 aliphatic rings. The van der Waals surface area contributed by atoms with Gasteiger partial charge in [-0.15, -0.1) is 0 Å². The standard InChI is InChI=1S/C12H20N4O/c1-3-6-15-12(13-2)16-8-9-17-11-5-4-7-14-10-11/h4-5,7,10H,3,6,8-9H2,1-2H3,(H2,13,15,16). The summed E-state index contributed by atoms with van der Waals surface area (Å²) in [5.74, 6) is 1.59. The molecule has 0 saturated heterocycles. The minimum Gasteiger partial charge on any atom is -0.490 e. The van der Waals surface area contributed by atoms with E-state index in [1.165, 1.54) is 0 Å². The van der Waals surface area contributed by atoms with Crippen molar-refractivity contribution in [3.05, 3.63) is 24.5 Å². The molecule has 94 valence electrons. The molecule has 5 heteroatoms. The molecule has 2 N–H and O–H groups in total. The Bertz CT molecular complexity index is 327. The Labute approximate surface area is 102 Å².